The summed E-state index contributed by atoms with van der Waals surface area (Å²) >= 11 is 0. The predicted octanol–water partition coefficient (Wildman–Crippen LogP) is 2.15. The van der Waals surface area contributed by atoms with Crippen molar-refractivity contribution in [3.63, 3.8) is 0 Å². The number of rotatable bonds is 6. The zero-order valence-electron chi connectivity index (χ0n) is 16.6. The molecule has 1 aliphatic heterocycles. The van der Waals surface area contributed by atoms with Crippen LogP contribution in [0.4, 0.5) is 17.6 Å². The lowest BCUT2D eigenvalue weighted by molar-refractivity contribution is -0.137. The van der Waals surface area contributed by atoms with Gasteiger partial charge in [-0.2, -0.15) is 13.2 Å². The SMILES string of the molecule is CC(=O)NC[C@H]1CC[C@@H](CC(=O)NCc2ccc(C(F)(F)F)cc2F)N1C.O=CO. The van der Waals surface area contributed by atoms with Crippen LogP contribution >= 0.6 is 0 Å². The zero-order valence-corrected chi connectivity index (χ0v) is 16.6. The van der Waals surface area contributed by atoms with Gasteiger partial charge in [0.15, 0.2) is 0 Å². The van der Waals surface area contributed by atoms with Crippen LogP contribution in [0.3, 0.4) is 0 Å². The van der Waals surface area contributed by atoms with Crippen molar-refractivity contribution in [3.05, 3.63) is 35.1 Å². The molecule has 0 spiro atoms. The Bertz CT molecular complexity index is 743. The van der Waals surface area contributed by atoms with Gasteiger partial charge < -0.3 is 15.7 Å². The van der Waals surface area contributed by atoms with Crippen molar-refractivity contribution in [2.75, 3.05) is 13.6 Å². The van der Waals surface area contributed by atoms with Crippen molar-refractivity contribution in [1.82, 2.24) is 15.5 Å². The van der Waals surface area contributed by atoms with E-state index in [1.807, 2.05) is 11.9 Å². The maximum atomic E-state index is 13.8. The summed E-state index contributed by atoms with van der Waals surface area (Å²) in [4.78, 5) is 33.5. The molecule has 1 heterocycles. The minimum absolute atomic E-state index is 0.000314. The summed E-state index contributed by atoms with van der Waals surface area (Å²) in [6.07, 6.45) is -2.76. The molecule has 7 nitrogen and oxygen atoms in total. The van der Waals surface area contributed by atoms with Gasteiger partial charge in [0.05, 0.1) is 5.56 Å². The number of halogens is 4. The van der Waals surface area contributed by atoms with Crippen molar-refractivity contribution in [2.45, 2.75) is 51.0 Å². The Morgan fingerprint density at radius 1 is 1.23 bits per heavy atom. The van der Waals surface area contributed by atoms with Crippen LogP contribution in [0.1, 0.15) is 37.3 Å². The Balaban J connectivity index is 0.00000141. The molecule has 0 aromatic heterocycles. The van der Waals surface area contributed by atoms with Crippen LogP contribution in [0.25, 0.3) is 0 Å². The van der Waals surface area contributed by atoms with E-state index in [1.54, 1.807) is 0 Å². The second-order valence-corrected chi connectivity index (χ2v) is 6.88. The number of likely N-dealkylation sites (tertiary alicyclic amines) is 1. The molecule has 0 radical (unpaired) electrons. The van der Waals surface area contributed by atoms with Gasteiger partial charge in [-0.3, -0.25) is 19.3 Å². The fourth-order valence-corrected chi connectivity index (χ4v) is 3.19. The summed E-state index contributed by atoms with van der Waals surface area (Å²) in [6.45, 7) is 1.54. The van der Waals surface area contributed by atoms with E-state index < -0.39 is 17.6 Å². The molecule has 2 amide bonds. The van der Waals surface area contributed by atoms with Gasteiger partial charge in [0.2, 0.25) is 11.8 Å². The maximum absolute atomic E-state index is 13.8. The van der Waals surface area contributed by atoms with Crippen LogP contribution in [-0.2, 0) is 27.1 Å². The summed E-state index contributed by atoms with van der Waals surface area (Å²) in [5, 5.41) is 12.2. The van der Waals surface area contributed by atoms with Crippen LogP contribution in [0.5, 0.6) is 0 Å². The van der Waals surface area contributed by atoms with E-state index in [9.17, 15) is 27.2 Å². The Morgan fingerprint density at radius 2 is 1.83 bits per heavy atom. The number of hydrogen-bond acceptors (Lipinski definition) is 4. The molecule has 0 aliphatic carbocycles. The first-order valence-corrected chi connectivity index (χ1v) is 9.16. The summed E-state index contributed by atoms with van der Waals surface area (Å²) in [5.41, 5.74) is -1.06. The van der Waals surface area contributed by atoms with Crippen LogP contribution in [-0.4, -0.2) is 54.0 Å². The minimum Gasteiger partial charge on any atom is -0.483 e. The van der Waals surface area contributed by atoms with Crippen molar-refractivity contribution in [1.29, 1.82) is 0 Å². The Morgan fingerprint density at radius 3 is 2.37 bits per heavy atom. The number of carbonyl (C=O) groups excluding carboxylic acids is 2. The molecule has 1 aliphatic rings. The molecule has 0 saturated carbocycles. The second-order valence-electron chi connectivity index (χ2n) is 6.88. The molecule has 0 bridgehead atoms. The van der Waals surface area contributed by atoms with Crippen molar-refractivity contribution >= 4 is 18.3 Å². The Labute approximate surface area is 171 Å². The molecule has 0 unspecified atom stereocenters. The largest absolute Gasteiger partial charge is 0.483 e. The maximum Gasteiger partial charge on any atom is 0.416 e. The van der Waals surface area contributed by atoms with E-state index in [1.165, 1.54) is 6.92 Å². The molecule has 3 N–H and O–H groups in total. The molecule has 30 heavy (non-hydrogen) atoms. The highest BCUT2D eigenvalue weighted by Crippen LogP contribution is 2.30. The number of likely N-dealkylation sites (N-methyl/N-ethyl adjacent to an activating group) is 1. The van der Waals surface area contributed by atoms with Crippen LogP contribution in [0.15, 0.2) is 18.2 Å². The van der Waals surface area contributed by atoms with Gasteiger partial charge in [-0.05, 0) is 32.0 Å². The Hall–Kier alpha value is -2.69. The molecule has 1 aromatic rings. The smallest absolute Gasteiger partial charge is 0.416 e. The molecule has 1 fully saturated rings. The van der Waals surface area contributed by atoms with E-state index >= 15 is 0 Å². The number of alkyl halides is 3. The number of nitrogens with one attached hydrogen (secondary N) is 2. The summed E-state index contributed by atoms with van der Waals surface area (Å²) in [7, 11) is 1.88. The highest BCUT2D eigenvalue weighted by molar-refractivity contribution is 5.76. The highest BCUT2D eigenvalue weighted by atomic mass is 19.4. The lowest BCUT2D eigenvalue weighted by Crippen LogP contribution is -2.42. The number of hydrogen-bond donors (Lipinski definition) is 3. The molecule has 2 rings (SSSR count). The number of nitrogens with zero attached hydrogens (tertiary/aromatic N) is 1. The van der Waals surface area contributed by atoms with Gasteiger partial charge >= 0.3 is 6.18 Å². The average Bonchev–Trinajstić information content (AvgIpc) is 2.98. The van der Waals surface area contributed by atoms with Crippen LogP contribution in [0, 0.1) is 5.82 Å². The lowest BCUT2D eigenvalue weighted by atomic mass is 10.1. The van der Waals surface area contributed by atoms with Crippen molar-refractivity contribution in [2.24, 2.45) is 0 Å². The molecular formula is C19H25F4N3O4. The number of carbonyl (C=O) groups is 3. The molecule has 2 atom stereocenters. The van der Waals surface area contributed by atoms with E-state index in [2.05, 4.69) is 10.6 Å². The Kier molecular flexibility index (Phi) is 9.70. The first kappa shape index (κ1) is 25.3. The molecule has 11 heteroatoms. The van der Waals surface area contributed by atoms with E-state index in [4.69, 9.17) is 9.90 Å². The van der Waals surface area contributed by atoms with Crippen LogP contribution < -0.4 is 10.6 Å². The second kappa shape index (κ2) is 11.5. The van der Waals surface area contributed by atoms with E-state index in [-0.39, 0.29) is 48.9 Å². The lowest BCUT2D eigenvalue weighted by Gasteiger charge is -2.25. The quantitative estimate of drug-likeness (QED) is 0.470. The average molecular weight is 435 g/mol. The number of benzene rings is 1. The molecule has 1 saturated heterocycles. The minimum atomic E-state index is -4.61. The summed E-state index contributed by atoms with van der Waals surface area (Å²) in [6, 6.07) is 2.41. The molecule has 1 aromatic carbocycles. The van der Waals surface area contributed by atoms with Gasteiger partial charge in [-0.15, -0.1) is 0 Å². The number of carboxylic acid groups (broad SMARTS) is 1. The molecular weight excluding hydrogens is 410 g/mol. The molecule has 168 valence electrons. The van der Waals surface area contributed by atoms with E-state index in [0.717, 1.165) is 25.0 Å². The summed E-state index contributed by atoms with van der Waals surface area (Å²) in [5.74, 6) is -1.41. The van der Waals surface area contributed by atoms with Gasteiger partial charge in [0.25, 0.3) is 6.47 Å². The van der Waals surface area contributed by atoms with Crippen molar-refractivity contribution in [3.8, 4) is 0 Å². The third-order valence-electron chi connectivity index (χ3n) is 4.85. The van der Waals surface area contributed by atoms with E-state index in [0.29, 0.717) is 12.6 Å². The third-order valence-corrected chi connectivity index (χ3v) is 4.85. The topological polar surface area (TPSA) is 98.7 Å². The first-order valence-electron chi connectivity index (χ1n) is 9.16. The zero-order chi connectivity index (χ0) is 22.9. The monoisotopic (exact) mass is 435 g/mol. The highest BCUT2D eigenvalue weighted by Gasteiger charge is 2.32. The number of amides is 2. The normalized spacial score (nSPS) is 18.9. The fourth-order valence-electron chi connectivity index (χ4n) is 3.19. The standard InChI is InChI=1S/C18H23F4N3O2.CH2O2/c1-11(26)23-10-15-6-5-14(25(15)2)8-17(27)24-9-12-3-4-13(7-16(12)19)18(20,21)22;2-1-3/h3-4,7,14-15H,5-6,8-10H2,1-2H3,(H,23,26)(H,24,27);1H,(H,2,3)/t14-,15+;/m0./s1. The van der Waals surface area contributed by atoms with Gasteiger partial charge in [-0.25, -0.2) is 4.39 Å². The van der Waals surface area contributed by atoms with Crippen LogP contribution in [0.2, 0.25) is 0 Å². The van der Waals surface area contributed by atoms with Crippen molar-refractivity contribution < 1.29 is 37.1 Å². The predicted molar refractivity (Wildman–Crippen MR) is 99.8 cm³/mol. The fraction of sp³-hybridized carbons (Fsp3) is 0.526. The summed E-state index contributed by atoms with van der Waals surface area (Å²) < 4.78 is 51.4. The van der Waals surface area contributed by atoms with Gasteiger partial charge in [-0.1, -0.05) is 6.07 Å². The van der Waals surface area contributed by atoms with Gasteiger partial charge in [0.1, 0.15) is 5.82 Å². The third kappa shape index (κ3) is 7.97. The first-order chi connectivity index (χ1) is 14.0. The van der Waals surface area contributed by atoms with Gasteiger partial charge in [0, 0.05) is 44.1 Å².